The molecule has 5 heteroatoms. The molecule has 0 aliphatic rings. The van der Waals surface area contributed by atoms with Gasteiger partial charge in [0.2, 0.25) is 5.88 Å². The van der Waals surface area contributed by atoms with Crippen molar-refractivity contribution in [2.45, 2.75) is 13.5 Å². The number of halogens is 2. The summed E-state index contributed by atoms with van der Waals surface area (Å²) in [5.41, 5.74) is 1.64. The summed E-state index contributed by atoms with van der Waals surface area (Å²) >= 11 is 9.34. The highest BCUT2D eigenvalue weighted by Gasteiger charge is 2.09. The van der Waals surface area contributed by atoms with Crippen LogP contribution in [0.1, 0.15) is 11.1 Å². The number of pyridine rings is 1. The summed E-state index contributed by atoms with van der Waals surface area (Å²) in [6.45, 7) is 1.80. The van der Waals surface area contributed by atoms with E-state index in [4.69, 9.17) is 16.3 Å². The van der Waals surface area contributed by atoms with E-state index in [2.05, 4.69) is 20.9 Å². The van der Waals surface area contributed by atoms with Gasteiger partial charge in [0, 0.05) is 16.2 Å². The lowest BCUT2D eigenvalue weighted by Crippen LogP contribution is -1.95. The lowest BCUT2D eigenvalue weighted by atomic mass is 10.2. The van der Waals surface area contributed by atoms with E-state index in [0.29, 0.717) is 22.2 Å². The zero-order valence-corrected chi connectivity index (χ0v) is 12.0. The Morgan fingerprint density at radius 2 is 2.17 bits per heavy atom. The van der Waals surface area contributed by atoms with Gasteiger partial charge < -0.3 is 9.84 Å². The minimum Gasteiger partial charge on any atom is -0.437 e. The van der Waals surface area contributed by atoms with Crippen LogP contribution in [0.4, 0.5) is 0 Å². The molecule has 94 valence electrons. The van der Waals surface area contributed by atoms with Gasteiger partial charge in [-0.3, -0.25) is 0 Å². The van der Waals surface area contributed by atoms with Gasteiger partial charge in [-0.25, -0.2) is 4.98 Å². The van der Waals surface area contributed by atoms with Crippen LogP contribution >= 0.6 is 27.5 Å². The minimum absolute atomic E-state index is 0.148. The Morgan fingerprint density at radius 1 is 1.39 bits per heavy atom. The number of ether oxygens (including phenoxy) is 1. The Kier molecular flexibility index (Phi) is 4.22. The van der Waals surface area contributed by atoms with Crippen LogP contribution in [-0.2, 0) is 6.61 Å². The molecule has 1 aromatic carbocycles. The van der Waals surface area contributed by atoms with E-state index in [1.165, 1.54) is 0 Å². The van der Waals surface area contributed by atoms with Crippen LogP contribution in [0, 0.1) is 6.92 Å². The van der Waals surface area contributed by atoms with Crippen LogP contribution in [0.5, 0.6) is 11.6 Å². The highest BCUT2D eigenvalue weighted by Crippen LogP contribution is 2.31. The highest BCUT2D eigenvalue weighted by atomic mass is 79.9. The van der Waals surface area contributed by atoms with Crippen LogP contribution in [0.2, 0.25) is 5.02 Å². The molecule has 0 bridgehead atoms. The van der Waals surface area contributed by atoms with Crippen molar-refractivity contribution < 1.29 is 9.84 Å². The predicted molar refractivity (Wildman–Crippen MR) is 74.1 cm³/mol. The fourth-order valence-corrected chi connectivity index (χ4v) is 2.00. The molecule has 0 spiro atoms. The highest BCUT2D eigenvalue weighted by molar-refractivity contribution is 9.10. The molecule has 1 N–H and O–H groups in total. The van der Waals surface area contributed by atoms with Gasteiger partial charge in [0.15, 0.2) is 0 Å². The fraction of sp³-hybridized carbons (Fsp3) is 0.154. The number of rotatable bonds is 3. The van der Waals surface area contributed by atoms with Crippen molar-refractivity contribution in [1.29, 1.82) is 0 Å². The van der Waals surface area contributed by atoms with Crippen molar-refractivity contribution in [3.63, 3.8) is 0 Å². The van der Waals surface area contributed by atoms with Crippen molar-refractivity contribution in [2.24, 2.45) is 0 Å². The summed E-state index contributed by atoms with van der Waals surface area (Å²) in [5, 5.41) is 9.78. The summed E-state index contributed by atoms with van der Waals surface area (Å²) in [4.78, 5) is 4.13. The van der Waals surface area contributed by atoms with Crippen LogP contribution in [-0.4, -0.2) is 10.1 Å². The SMILES string of the molecule is Cc1ccc(Cl)c(Oc2ncc(Br)cc2CO)c1. The van der Waals surface area contributed by atoms with Crippen molar-refractivity contribution >= 4 is 27.5 Å². The maximum Gasteiger partial charge on any atom is 0.224 e. The average Bonchev–Trinajstić information content (AvgIpc) is 2.36. The molecule has 0 saturated heterocycles. The monoisotopic (exact) mass is 327 g/mol. The average molecular weight is 329 g/mol. The molecule has 18 heavy (non-hydrogen) atoms. The van der Waals surface area contributed by atoms with Gasteiger partial charge in [-0.1, -0.05) is 17.7 Å². The van der Waals surface area contributed by atoms with Crippen LogP contribution in [0.15, 0.2) is 34.9 Å². The summed E-state index contributed by atoms with van der Waals surface area (Å²) in [5.74, 6) is 0.884. The first-order valence-corrected chi connectivity index (χ1v) is 6.46. The Balaban J connectivity index is 2.36. The molecule has 0 aliphatic carbocycles. The minimum atomic E-state index is -0.148. The van der Waals surface area contributed by atoms with Crippen LogP contribution in [0.25, 0.3) is 0 Å². The lowest BCUT2D eigenvalue weighted by Gasteiger charge is -2.10. The number of hydrogen-bond donors (Lipinski definition) is 1. The van der Waals surface area contributed by atoms with E-state index < -0.39 is 0 Å². The van der Waals surface area contributed by atoms with Crippen LogP contribution in [0.3, 0.4) is 0 Å². The third-order valence-corrected chi connectivity index (χ3v) is 3.10. The van der Waals surface area contributed by atoms with Crippen molar-refractivity contribution in [2.75, 3.05) is 0 Å². The molecule has 1 aromatic heterocycles. The van der Waals surface area contributed by atoms with Gasteiger partial charge >= 0.3 is 0 Å². The normalized spacial score (nSPS) is 10.4. The Hall–Kier alpha value is -1.10. The van der Waals surface area contributed by atoms with Crippen molar-refractivity contribution in [1.82, 2.24) is 4.98 Å². The van der Waals surface area contributed by atoms with Gasteiger partial charge in [-0.05, 0) is 46.6 Å². The van der Waals surface area contributed by atoms with E-state index >= 15 is 0 Å². The van der Waals surface area contributed by atoms with E-state index in [-0.39, 0.29) is 6.61 Å². The molecule has 1 heterocycles. The first-order valence-electron chi connectivity index (χ1n) is 5.29. The van der Waals surface area contributed by atoms with Crippen molar-refractivity contribution in [3.05, 3.63) is 51.1 Å². The number of benzene rings is 1. The number of aliphatic hydroxyl groups is 1. The van der Waals surface area contributed by atoms with Gasteiger partial charge in [0.25, 0.3) is 0 Å². The molecule has 2 rings (SSSR count). The Labute approximate surface area is 119 Å². The molecule has 0 atom stereocenters. The molecule has 3 nitrogen and oxygen atoms in total. The van der Waals surface area contributed by atoms with E-state index in [1.807, 2.05) is 19.1 Å². The van der Waals surface area contributed by atoms with Crippen LogP contribution < -0.4 is 4.74 Å². The first kappa shape index (κ1) is 13.3. The number of aliphatic hydroxyl groups excluding tert-OH is 1. The summed E-state index contributed by atoms with van der Waals surface area (Å²) in [6, 6.07) is 7.25. The molecular weight excluding hydrogens is 318 g/mol. The Bertz CT molecular complexity index is 575. The largest absolute Gasteiger partial charge is 0.437 e. The zero-order valence-electron chi connectivity index (χ0n) is 9.65. The number of nitrogens with zero attached hydrogens (tertiary/aromatic N) is 1. The topological polar surface area (TPSA) is 42.4 Å². The third kappa shape index (κ3) is 3.02. The standard InChI is InChI=1S/C13H11BrClNO2/c1-8-2-3-11(15)12(4-8)18-13-9(7-17)5-10(14)6-16-13/h2-6,17H,7H2,1H3. The van der Waals surface area contributed by atoms with E-state index in [9.17, 15) is 5.11 Å². The molecule has 0 unspecified atom stereocenters. The molecule has 2 aromatic rings. The number of aromatic nitrogens is 1. The van der Waals surface area contributed by atoms with Crippen molar-refractivity contribution in [3.8, 4) is 11.6 Å². The lowest BCUT2D eigenvalue weighted by molar-refractivity contribution is 0.275. The maximum absolute atomic E-state index is 9.27. The van der Waals surface area contributed by atoms with Gasteiger partial charge in [0.1, 0.15) is 5.75 Å². The van der Waals surface area contributed by atoms with Gasteiger partial charge in [-0.2, -0.15) is 0 Å². The molecule has 0 amide bonds. The van der Waals surface area contributed by atoms with E-state index in [1.54, 1.807) is 18.3 Å². The predicted octanol–water partition coefficient (Wildman–Crippen LogP) is 4.09. The molecule has 0 saturated carbocycles. The first-order chi connectivity index (χ1) is 8.60. The Morgan fingerprint density at radius 3 is 2.89 bits per heavy atom. The molecule has 0 aliphatic heterocycles. The number of aryl methyl sites for hydroxylation is 1. The fourth-order valence-electron chi connectivity index (χ4n) is 1.47. The maximum atomic E-state index is 9.27. The molecule has 0 fully saturated rings. The van der Waals surface area contributed by atoms with E-state index in [0.717, 1.165) is 10.0 Å². The second-order valence-corrected chi connectivity index (χ2v) is 5.13. The van der Waals surface area contributed by atoms with Gasteiger partial charge in [-0.15, -0.1) is 0 Å². The zero-order chi connectivity index (χ0) is 13.1. The smallest absolute Gasteiger partial charge is 0.224 e. The quantitative estimate of drug-likeness (QED) is 0.922. The van der Waals surface area contributed by atoms with Gasteiger partial charge in [0.05, 0.1) is 11.6 Å². The summed E-state index contributed by atoms with van der Waals surface area (Å²) in [6.07, 6.45) is 1.61. The summed E-state index contributed by atoms with van der Waals surface area (Å²) in [7, 11) is 0. The third-order valence-electron chi connectivity index (χ3n) is 2.36. The molecular formula is C13H11BrClNO2. The second-order valence-electron chi connectivity index (χ2n) is 3.81. The number of hydrogen-bond acceptors (Lipinski definition) is 3. The summed E-state index contributed by atoms with van der Waals surface area (Å²) < 4.78 is 6.43. The second kappa shape index (κ2) is 5.69. The molecule has 0 radical (unpaired) electrons.